The highest BCUT2D eigenvalue weighted by Gasteiger charge is 2.47. The van der Waals surface area contributed by atoms with Crippen LogP contribution >= 0.6 is 0 Å². The van der Waals surface area contributed by atoms with Gasteiger partial charge in [-0.2, -0.15) is 5.26 Å². The van der Waals surface area contributed by atoms with Gasteiger partial charge in [0, 0.05) is 75.9 Å². The fraction of sp³-hybridized carbons (Fsp3) is 0.0220. The number of benzene rings is 14. The molecule has 14 aromatic carbocycles. The highest BCUT2D eigenvalue weighted by Crippen LogP contribution is 2.59. The van der Waals surface area contributed by atoms with Crippen LogP contribution in [0.4, 0.5) is 0 Å². The molecular weight excluding hydrogens is 1180 g/mol. The Morgan fingerprint density at radius 3 is 0.784 bits per heavy atom. The highest BCUT2D eigenvalue weighted by molar-refractivity contribution is 6.21. The Hall–Kier alpha value is -13.0. The lowest BCUT2D eigenvalue weighted by Crippen LogP contribution is -2.34. The van der Waals surface area contributed by atoms with Gasteiger partial charge >= 0.3 is 0 Å². The largest absolute Gasteiger partial charge is 0.329 e. The van der Waals surface area contributed by atoms with Crippen LogP contribution in [0.5, 0.6) is 0 Å². The van der Waals surface area contributed by atoms with Crippen molar-refractivity contribution < 1.29 is 0 Å². The van der Waals surface area contributed by atoms with Crippen molar-refractivity contribution in [2.75, 3.05) is 0 Å². The monoisotopic (exact) mass is 1230 g/mol. The fourth-order valence-corrected chi connectivity index (χ4v) is 16.7. The third-order valence-electron chi connectivity index (χ3n) is 20.7. The number of para-hydroxylation sites is 6. The van der Waals surface area contributed by atoms with Crippen molar-refractivity contribution in [3.63, 3.8) is 0 Å². The predicted octanol–water partition coefficient (Wildman–Crippen LogP) is 23.7. The van der Waals surface area contributed by atoms with Crippen molar-refractivity contribution in [3.8, 4) is 50.6 Å². The Labute approximate surface area is 558 Å². The number of hydrogen-bond acceptors (Lipinski definition) is 1. The zero-order valence-corrected chi connectivity index (χ0v) is 52.7. The first-order valence-electron chi connectivity index (χ1n) is 33.4. The second-order valence-electron chi connectivity index (χ2n) is 25.7. The number of hydrogen-bond donors (Lipinski definition) is 0. The van der Waals surface area contributed by atoms with Crippen molar-refractivity contribution in [1.82, 2.24) is 22.8 Å². The van der Waals surface area contributed by atoms with Gasteiger partial charge in [0.25, 0.3) is 0 Å². The first-order valence-corrected chi connectivity index (χ1v) is 33.4. The van der Waals surface area contributed by atoms with Crippen LogP contribution in [0, 0.1) is 11.3 Å². The Morgan fingerprint density at radius 2 is 0.443 bits per heavy atom. The Bertz CT molecular complexity index is 6210. The summed E-state index contributed by atoms with van der Waals surface area (Å²) in [6.45, 7) is 0. The smallest absolute Gasteiger partial charge is 0.103 e. The minimum absolute atomic E-state index is 0.559. The van der Waals surface area contributed by atoms with Crippen molar-refractivity contribution in [1.29, 1.82) is 5.26 Å². The van der Waals surface area contributed by atoms with E-state index in [-0.39, 0.29) is 0 Å². The lowest BCUT2D eigenvalue weighted by atomic mass is 9.86. The molecule has 5 aromatic heterocycles. The van der Waals surface area contributed by atoms with Crippen LogP contribution in [0.1, 0.15) is 12.1 Å². The molecule has 0 bridgehead atoms. The molecule has 0 spiro atoms. The maximum Gasteiger partial charge on any atom is 0.103 e. The van der Waals surface area contributed by atoms with Crippen molar-refractivity contribution >= 4 is 126 Å². The van der Waals surface area contributed by atoms with E-state index in [0.29, 0.717) is 5.57 Å². The normalized spacial score (nSPS) is 14.5. The number of nitrogens with zero attached hydrogens (tertiary/aromatic N) is 6. The molecule has 0 N–H and O–H groups in total. The molecule has 0 radical (unpaired) electrons. The maximum absolute atomic E-state index is 13.5. The van der Waals surface area contributed by atoms with Crippen LogP contribution in [-0.2, 0) is 0 Å². The molecule has 0 amide bonds. The average molecular weight is 1240 g/mol. The third kappa shape index (κ3) is 8.13. The quantitative estimate of drug-likeness (QED) is 0.142. The molecule has 0 saturated carbocycles. The van der Waals surface area contributed by atoms with E-state index in [0.717, 1.165) is 171 Å². The van der Waals surface area contributed by atoms with E-state index in [1.54, 1.807) is 0 Å². The summed E-state index contributed by atoms with van der Waals surface area (Å²) in [6.07, 6.45) is 0. The Morgan fingerprint density at radius 1 is 0.206 bits per heavy atom. The molecule has 5 heterocycles. The summed E-state index contributed by atoms with van der Waals surface area (Å²) in [7, 11) is 0. The maximum atomic E-state index is 13.5. The van der Waals surface area contributed by atoms with Crippen LogP contribution in [-0.4, -0.2) is 22.8 Å². The molecule has 2 atom stereocenters. The van der Waals surface area contributed by atoms with Gasteiger partial charge in [-0.05, 0) is 129 Å². The standard InChI is InChI=1S/C91H58N6/c92-57-76-87(93-77-39-19-13-33-66(77)67-34-14-20-40-78(67)93)89(96-83-49-45-62(58-25-5-1-6-26-58)53-72(83)73-54-63(46-50-84(73)96)59-27-7-2-8-28-59)91(95-81-43-23-17-37-70(81)71-38-18-24-44-82(71)95)90(88(76)94-79-41-21-15-35-68(79)69-36-16-22-42-80(69)94)97-85-51-47-64(60-29-9-3-10-30-60)55-74(85)75-56-65(48-52-86(75)97)61-31-11-4-12-32-61/h1-56,89,91H. The molecule has 0 fully saturated rings. The first kappa shape index (κ1) is 54.6. The van der Waals surface area contributed by atoms with Gasteiger partial charge in [-0.3, -0.25) is 0 Å². The van der Waals surface area contributed by atoms with E-state index in [4.69, 9.17) is 0 Å². The summed E-state index contributed by atoms with van der Waals surface area (Å²) in [6, 6.07) is 126. The molecule has 0 aliphatic heterocycles. The molecule has 0 saturated heterocycles. The number of fused-ring (bicyclic) bond motifs is 15. The van der Waals surface area contributed by atoms with Crippen LogP contribution in [0.25, 0.3) is 171 Å². The molecule has 452 valence electrons. The first-order chi connectivity index (χ1) is 48.1. The molecule has 19 aromatic rings. The van der Waals surface area contributed by atoms with Gasteiger partial charge in [-0.15, -0.1) is 0 Å². The Kier molecular flexibility index (Phi) is 12.1. The van der Waals surface area contributed by atoms with E-state index in [1.807, 2.05) is 0 Å². The van der Waals surface area contributed by atoms with Gasteiger partial charge in [-0.1, -0.05) is 255 Å². The lowest BCUT2D eigenvalue weighted by molar-refractivity contribution is 0.480. The van der Waals surface area contributed by atoms with Crippen LogP contribution in [0.3, 0.4) is 0 Å². The number of aromatic nitrogens is 5. The summed E-state index contributed by atoms with van der Waals surface area (Å²) in [5.74, 6) is 0. The molecule has 1 aliphatic carbocycles. The van der Waals surface area contributed by atoms with Crippen molar-refractivity contribution in [2.24, 2.45) is 0 Å². The molecule has 2 unspecified atom stereocenters. The van der Waals surface area contributed by atoms with E-state index >= 15 is 0 Å². The SMILES string of the molecule is N#CC1=C(n2c3ccccc3c3ccccc32)C(n2c3ccc(-c4ccccc4)cc3c3cc(-c4ccccc4)ccc32)C(n2c3ccccc3c3ccccc32)C(n2c3ccc(-c4ccccc4)cc3c3cc(-c4ccccc4)ccc32)=C1n1c2ccccc2c2ccccc21. The second kappa shape index (κ2) is 21.6. The summed E-state index contributed by atoms with van der Waals surface area (Å²) in [4.78, 5) is 0. The zero-order chi connectivity index (χ0) is 63.8. The van der Waals surface area contributed by atoms with E-state index < -0.39 is 12.1 Å². The van der Waals surface area contributed by atoms with Crippen LogP contribution < -0.4 is 0 Å². The number of rotatable bonds is 9. The van der Waals surface area contributed by atoms with E-state index in [2.05, 4.69) is 369 Å². The number of nitriles is 1. The predicted molar refractivity (Wildman–Crippen MR) is 405 cm³/mol. The van der Waals surface area contributed by atoms with E-state index in [1.165, 1.54) is 0 Å². The van der Waals surface area contributed by atoms with Gasteiger partial charge in [-0.25, -0.2) is 0 Å². The van der Waals surface area contributed by atoms with Gasteiger partial charge < -0.3 is 22.8 Å². The molecule has 1 aliphatic rings. The van der Waals surface area contributed by atoms with Gasteiger partial charge in [0.05, 0.1) is 50.2 Å². The zero-order valence-electron chi connectivity index (χ0n) is 52.7. The van der Waals surface area contributed by atoms with Crippen LogP contribution in [0.2, 0.25) is 0 Å². The highest BCUT2D eigenvalue weighted by atomic mass is 15.2. The summed E-state index contributed by atoms with van der Waals surface area (Å²) >= 11 is 0. The van der Waals surface area contributed by atoms with Gasteiger partial charge in [0.15, 0.2) is 0 Å². The minimum atomic E-state index is -0.690. The molecule has 20 rings (SSSR count). The molecule has 6 heteroatoms. The minimum Gasteiger partial charge on any atom is -0.329 e. The topological polar surface area (TPSA) is 48.4 Å². The summed E-state index contributed by atoms with van der Waals surface area (Å²) < 4.78 is 12.8. The number of allylic oxidation sites excluding steroid dienone is 4. The van der Waals surface area contributed by atoms with Gasteiger partial charge in [0.1, 0.15) is 23.7 Å². The lowest BCUT2D eigenvalue weighted by Gasteiger charge is -2.42. The Balaban J connectivity index is 1.06. The van der Waals surface area contributed by atoms with Crippen LogP contribution in [0.15, 0.2) is 345 Å². The van der Waals surface area contributed by atoms with E-state index in [9.17, 15) is 5.26 Å². The fourth-order valence-electron chi connectivity index (χ4n) is 16.7. The molecule has 97 heavy (non-hydrogen) atoms. The second-order valence-corrected chi connectivity index (χ2v) is 25.7. The van der Waals surface area contributed by atoms with Crippen molar-refractivity contribution in [2.45, 2.75) is 12.1 Å². The average Bonchev–Trinajstić information content (AvgIpc) is 1.57. The summed E-state index contributed by atoms with van der Waals surface area (Å²) in [5, 5.41) is 24.7. The molecule has 6 nitrogen and oxygen atoms in total. The third-order valence-corrected chi connectivity index (χ3v) is 20.7. The van der Waals surface area contributed by atoms with Gasteiger partial charge in [0.2, 0.25) is 0 Å². The molecular formula is C91H58N6. The van der Waals surface area contributed by atoms with Crippen molar-refractivity contribution in [3.05, 3.63) is 345 Å². The summed E-state index contributed by atoms with van der Waals surface area (Å²) in [5.41, 5.74) is 22.6.